The number of benzene rings is 2. The second-order valence-electron chi connectivity index (χ2n) is 5.66. The number of nitrogens with zero attached hydrogens (tertiary/aromatic N) is 2. The summed E-state index contributed by atoms with van der Waals surface area (Å²) in [5, 5.41) is 0.471. The van der Waals surface area contributed by atoms with Crippen LogP contribution in [0.1, 0.15) is 10.4 Å². The van der Waals surface area contributed by atoms with Crippen molar-refractivity contribution in [3.8, 4) is 0 Å². The van der Waals surface area contributed by atoms with Crippen molar-refractivity contribution in [2.45, 2.75) is 4.90 Å². The van der Waals surface area contributed by atoms with Crippen LogP contribution in [0.2, 0.25) is 5.02 Å². The van der Waals surface area contributed by atoms with Crippen LogP contribution in [0, 0.1) is 5.82 Å². The van der Waals surface area contributed by atoms with Gasteiger partial charge >= 0.3 is 0 Å². The minimum Gasteiger partial charge on any atom is -0.336 e. The highest BCUT2D eigenvalue weighted by atomic mass is 35.5. The van der Waals surface area contributed by atoms with Gasteiger partial charge < -0.3 is 4.90 Å². The van der Waals surface area contributed by atoms with Crippen LogP contribution in [0.25, 0.3) is 0 Å². The zero-order valence-corrected chi connectivity index (χ0v) is 14.8. The van der Waals surface area contributed by atoms with Crippen molar-refractivity contribution >= 4 is 27.5 Å². The Balaban J connectivity index is 1.70. The van der Waals surface area contributed by atoms with Crippen molar-refractivity contribution in [2.24, 2.45) is 0 Å². The molecule has 2 aromatic carbocycles. The Morgan fingerprint density at radius 1 is 1.00 bits per heavy atom. The lowest BCUT2D eigenvalue weighted by molar-refractivity contribution is 0.0698. The molecule has 5 nitrogen and oxygen atoms in total. The summed E-state index contributed by atoms with van der Waals surface area (Å²) in [7, 11) is -3.77. The number of sulfonamides is 1. The third kappa shape index (κ3) is 3.84. The predicted octanol–water partition coefficient (Wildman–Crippen LogP) is 2.63. The van der Waals surface area contributed by atoms with Crippen LogP contribution in [-0.2, 0) is 10.0 Å². The molecular formula is C17H16ClFN2O3S. The smallest absolute Gasteiger partial charge is 0.253 e. The van der Waals surface area contributed by atoms with E-state index in [1.807, 2.05) is 0 Å². The van der Waals surface area contributed by atoms with Crippen molar-refractivity contribution in [3.63, 3.8) is 0 Å². The molecule has 1 saturated heterocycles. The third-order valence-corrected chi connectivity index (χ3v) is 6.16. The lowest BCUT2D eigenvalue weighted by atomic mass is 10.2. The van der Waals surface area contributed by atoms with Crippen molar-refractivity contribution in [2.75, 3.05) is 26.2 Å². The Morgan fingerprint density at radius 3 is 2.32 bits per heavy atom. The van der Waals surface area contributed by atoms with Crippen LogP contribution in [-0.4, -0.2) is 49.7 Å². The topological polar surface area (TPSA) is 57.7 Å². The van der Waals surface area contributed by atoms with Gasteiger partial charge in [0.2, 0.25) is 10.0 Å². The summed E-state index contributed by atoms with van der Waals surface area (Å²) < 4.78 is 39.7. The monoisotopic (exact) mass is 382 g/mol. The van der Waals surface area contributed by atoms with E-state index in [0.717, 1.165) is 6.07 Å². The van der Waals surface area contributed by atoms with E-state index in [0.29, 0.717) is 10.6 Å². The molecule has 1 aliphatic rings. The second-order valence-corrected chi connectivity index (χ2v) is 8.04. The maximum atomic E-state index is 13.3. The number of carbonyl (C=O) groups is 1. The highest BCUT2D eigenvalue weighted by molar-refractivity contribution is 7.89. The van der Waals surface area contributed by atoms with Gasteiger partial charge in [-0.3, -0.25) is 4.79 Å². The van der Waals surface area contributed by atoms with E-state index in [1.165, 1.54) is 22.5 Å². The van der Waals surface area contributed by atoms with Gasteiger partial charge in [-0.15, -0.1) is 0 Å². The van der Waals surface area contributed by atoms with Gasteiger partial charge in [0.05, 0.1) is 4.90 Å². The number of hydrogen-bond acceptors (Lipinski definition) is 3. The Morgan fingerprint density at radius 2 is 1.68 bits per heavy atom. The fraction of sp³-hybridized carbons (Fsp3) is 0.235. The minimum atomic E-state index is -3.77. The summed E-state index contributed by atoms with van der Waals surface area (Å²) in [6, 6.07) is 11.5. The number of amides is 1. The van der Waals surface area contributed by atoms with E-state index in [9.17, 15) is 17.6 Å². The molecule has 1 fully saturated rings. The van der Waals surface area contributed by atoms with Crippen LogP contribution in [0.3, 0.4) is 0 Å². The number of carbonyl (C=O) groups excluding carboxylic acids is 1. The van der Waals surface area contributed by atoms with Gasteiger partial charge in [-0.1, -0.05) is 23.7 Å². The average molecular weight is 383 g/mol. The summed E-state index contributed by atoms with van der Waals surface area (Å²) in [6.07, 6.45) is 0. The first-order valence-corrected chi connectivity index (χ1v) is 9.50. The Bertz CT molecular complexity index is 896. The average Bonchev–Trinajstić information content (AvgIpc) is 2.61. The fourth-order valence-electron chi connectivity index (χ4n) is 2.71. The van der Waals surface area contributed by atoms with E-state index >= 15 is 0 Å². The molecule has 1 heterocycles. The number of halogens is 2. The number of piperazine rings is 1. The maximum absolute atomic E-state index is 13.3. The second kappa shape index (κ2) is 7.11. The summed E-state index contributed by atoms with van der Waals surface area (Å²) in [4.78, 5) is 14.0. The molecule has 0 spiro atoms. The van der Waals surface area contributed by atoms with Crippen molar-refractivity contribution in [3.05, 3.63) is 64.9 Å². The first-order chi connectivity index (χ1) is 11.9. The van der Waals surface area contributed by atoms with Gasteiger partial charge in [-0.25, -0.2) is 12.8 Å². The van der Waals surface area contributed by atoms with E-state index in [2.05, 4.69) is 0 Å². The summed E-state index contributed by atoms with van der Waals surface area (Å²) >= 11 is 5.90. The lowest BCUT2D eigenvalue weighted by Gasteiger charge is -2.34. The molecule has 25 heavy (non-hydrogen) atoms. The standard InChI is InChI=1S/C17H16ClFN2O3S/c18-14-4-1-3-13(11-14)17(22)20-7-9-21(10-8-20)25(23,24)16-6-2-5-15(19)12-16/h1-6,11-12H,7-10H2. The van der Waals surface area contributed by atoms with Crippen LogP contribution in [0.15, 0.2) is 53.4 Å². The normalized spacial score (nSPS) is 16.0. The minimum absolute atomic E-state index is 0.0814. The Labute approximate surface area is 150 Å². The van der Waals surface area contributed by atoms with E-state index < -0.39 is 15.8 Å². The molecule has 0 saturated carbocycles. The van der Waals surface area contributed by atoms with Gasteiger partial charge in [0, 0.05) is 36.8 Å². The molecule has 1 amide bonds. The quantitative estimate of drug-likeness (QED) is 0.820. The zero-order valence-electron chi connectivity index (χ0n) is 13.2. The molecule has 0 unspecified atom stereocenters. The molecule has 132 valence electrons. The predicted molar refractivity (Wildman–Crippen MR) is 92.5 cm³/mol. The van der Waals surface area contributed by atoms with Gasteiger partial charge in [0.15, 0.2) is 0 Å². The number of hydrogen-bond donors (Lipinski definition) is 0. The summed E-state index contributed by atoms with van der Waals surface area (Å²) in [6.45, 7) is 0.843. The zero-order chi connectivity index (χ0) is 18.0. The molecule has 8 heteroatoms. The van der Waals surface area contributed by atoms with Crippen molar-refractivity contribution in [1.82, 2.24) is 9.21 Å². The molecule has 2 aromatic rings. The SMILES string of the molecule is O=C(c1cccc(Cl)c1)N1CCN(S(=O)(=O)c2cccc(F)c2)CC1. The maximum Gasteiger partial charge on any atom is 0.253 e. The van der Waals surface area contributed by atoms with E-state index in [4.69, 9.17) is 11.6 Å². The first kappa shape index (κ1) is 17.8. The highest BCUT2D eigenvalue weighted by Crippen LogP contribution is 2.20. The number of rotatable bonds is 3. The van der Waals surface area contributed by atoms with Gasteiger partial charge in [-0.05, 0) is 36.4 Å². The van der Waals surface area contributed by atoms with Gasteiger partial charge in [0.1, 0.15) is 5.82 Å². The molecule has 1 aliphatic heterocycles. The molecule has 0 aliphatic carbocycles. The molecule has 0 bridgehead atoms. The summed E-state index contributed by atoms with van der Waals surface area (Å²) in [5.74, 6) is -0.791. The molecule has 0 atom stereocenters. The van der Waals surface area contributed by atoms with Gasteiger partial charge in [-0.2, -0.15) is 4.31 Å². The third-order valence-electron chi connectivity index (χ3n) is 4.03. The van der Waals surface area contributed by atoms with Crippen LogP contribution in [0.5, 0.6) is 0 Å². The lowest BCUT2D eigenvalue weighted by Crippen LogP contribution is -2.50. The molecule has 0 N–H and O–H groups in total. The Hall–Kier alpha value is -1.96. The van der Waals surface area contributed by atoms with Crippen molar-refractivity contribution in [1.29, 1.82) is 0 Å². The van der Waals surface area contributed by atoms with Crippen molar-refractivity contribution < 1.29 is 17.6 Å². The highest BCUT2D eigenvalue weighted by Gasteiger charge is 2.30. The first-order valence-electron chi connectivity index (χ1n) is 7.68. The van der Waals surface area contributed by atoms with Crippen LogP contribution < -0.4 is 0 Å². The Kier molecular flexibility index (Phi) is 5.08. The molecule has 3 rings (SSSR count). The van der Waals surface area contributed by atoms with E-state index in [1.54, 1.807) is 29.2 Å². The largest absolute Gasteiger partial charge is 0.336 e. The molecule has 0 radical (unpaired) electrons. The molecular weight excluding hydrogens is 367 g/mol. The van der Waals surface area contributed by atoms with Crippen LogP contribution >= 0.6 is 11.6 Å². The summed E-state index contributed by atoms with van der Waals surface area (Å²) in [5.41, 5.74) is 0.467. The van der Waals surface area contributed by atoms with E-state index in [-0.39, 0.29) is 37.0 Å². The van der Waals surface area contributed by atoms with Crippen LogP contribution in [0.4, 0.5) is 4.39 Å². The molecule has 0 aromatic heterocycles. The fourth-order valence-corrected chi connectivity index (χ4v) is 4.36. The van der Waals surface area contributed by atoms with Gasteiger partial charge in [0.25, 0.3) is 5.91 Å².